The van der Waals surface area contributed by atoms with Crippen molar-refractivity contribution in [2.24, 2.45) is 4.99 Å². The molecule has 0 spiro atoms. The second-order valence-corrected chi connectivity index (χ2v) is 2.91. The summed E-state index contributed by atoms with van der Waals surface area (Å²) in [5, 5.41) is 0. The van der Waals surface area contributed by atoms with Crippen LogP contribution in [0.15, 0.2) is 28.9 Å². The minimum absolute atomic E-state index is 1.28. The third kappa shape index (κ3) is 3.17. The van der Waals surface area contributed by atoms with Gasteiger partial charge in [-0.25, -0.2) is 0 Å². The van der Waals surface area contributed by atoms with Gasteiger partial charge in [-0.1, -0.05) is 18.1 Å². The minimum atomic E-state index is 1.28. The van der Waals surface area contributed by atoms with Crippen molar-refractivity contribution >= 4 is 6.72 Å². The summed E-state index contributed by atoms with van der Waals surface area (Å²) in [4.78, 5) is 3.64. The first kappa shape index (κ1) is 8.25. The maximum atomic E-state index is 3.64. The summed E-state index contributed by atoms with van der Waals surface area (Å²) in [7, 11) is 0. The van der Waals surface area contributed by atoms with E-state index in [1.807, 2.05) is 6.08 Å². The Labute approximate surface area is 68.5 Å². The molecule has 1 aliphatic rings. The highest BCUT2D eigenvalue weighted by atomic mass is 14.6. The van der Waals surface area contributed by atoms with E-state index in [-0.39, 0.29) is 0 Å². The van der Waals surface area contributed by atoms with Crippen LogP contribution in [-0.4, -0.2) is 6.72 Å². The number of hydrogen-bond donors (Lipinski definition) is 0. The fraction of sp³-hybridized carbons (Fsp3) is 0.500. The van der Waals surface area contributed by atoms with Gasteiger partial charge in [-0.3, -0.25) is 4.99 Å². The van der Waals surface area contributed by atoms with E-state index in [0.29, 0.717) is 0 Å². The van der Waals surface area contributed by atoms with E-state index in [9.17, 15) is 0 Å². The van der Waals surface area contributed by atoms with Crippen LogP contribution in [0.2, 0.25) is 0 Å². The molecule has 0 aromatic carbocycles. The highest BCUT2D eigenvalue weighted by molar-refractivity contribution is 5.26. The summed E-state index contributed by atoms with van der Waals surface area (Å²) in [5.41, 5.74) is 1.57. The zero-order valence-corrected chi connectivity index (χ0v) is 6.92. The van der Waals surface area contributed by atoms with Crippen molar-refractivity contribution in [3.63, 3.8) is 0 Å². The molecule has 0 atom stereocenters. The van der Waals surface area contributed by atoms with Crippen molar-refractivity contribution in [1.29, 1.82) is 0 Å². The third-order valence-electron chi connectivity index (χ3n) is 2.02. The molecule has 1 fully saturated rings. The van der Waals surface area contributed by atoms with E-state index in [1.165, 1.54) is 32.1 Å². The molecule has 0 aromatic heterocycles. The highest BCUT2D eigenvalue weighted by Gasteiger charge is 2.02. The largest absolute Gasteiger partial charge is 0.273 e. The number of hydrogen-bond acceptors (Lipinski definition) is 1. The first-order valence-electron chi connectivity index (χ1n) is 4.24. The van der Waals surface area contributed by atoms with Gasteiger partial charge in [-0.2, -0.15) is 0 Å². The zero-order chi connectivity index (χ0) is 7.94. The van der Waals surface area contributed by atoms with Gasteiger partial charge >= 0.3 is 0 Å². The summed E-state index contributed by atoms with van der Waals surface area (Å²) < 4.78 is 0. The highest BCUT2D eigenvalue weighted by Crippen LogP contribution is 2.22. The molecule has 0 aromatic rings. The van der Waals surface area contributed by atoms with Gasteiger partial charge in [0.25, 0.3) is 0 Å². The molecular formula is C10H15N. The molecule has 60 valence electrons. The van der Waals surface area contributed by atoms with Crippen molar-refractivity contribution in [2.75, 3.05) is 0 Å². The van der Waals surface area contributed by atoms with Crippen LogP contribution in [0.25, 0.3) is 0 Å². The van der Waals surface area contributed by atoms with Crippen LogP contribution in [0.4, 0.5) is 0 Å². The first-order chi connectivity index (χ1) is 5.43. The van der Waals surface area contributed by atoms with Gasteiger partial charge in [0.05, 0.1) is 0 Å². The lowest BCUT2D eigenvalue weighted by atomic mass is 9.95. The molecule has 1 aliphatic carbocycles. The molecule has 0 radical (unpaired) electrons. The standard InChI is InChI=1S/C10H15N/c1-11-9-5-8-10-6-3-2-4-7-10/h5,8-9H,1-4,6-7H2. The van der Waals surface area contributed by atoms with E-state index in [4.69, 9.17) is 0 Å². The van der Waals surface area contributed by atoms with Gasteiger partial charge in [0.1, 0.15) is 0 Å². The van der Waals surface area contributed by atoms with E-state index < -0.39 is 0 Å². The average molecular weight is 149 g/mol. The topological polar surface area (TPSA) is 12.4 Å². The summed E-state index contributed by atoms with van der Waals surface area (Å²) in [6.45, 7) is 3.38. The molecule has 1 rings (SSSR count). The van der Waals surface area contributed by atoms with Gasteiger partial charge in [0.2, 0.25) is 0 Å². The molecule has 11 heavy (non-hydrogen) atoms. The molecule has 0 amide bonds. The van der Waals surface area contributed by atoms with E-state index in [2.05, 4.69) is 17.8 Å². The van der Waals surface area contributed by atoms with Crippen LogP contribution in [0, 0.1) is 0 Å². The Hall–Kier alpha value is -0.850. The summed E-state index contributed by atoms with van der Waals surface area (Å²) in [6, 6.07) is 0. The maximum Gasteiger partial charge on any atom is 0.0260 e. The SMILES string of the molecule is C=NC=CC=C1CCCCC1. The normalized spacial score (nSPS) is 18.7. The molecule has 0 bridgehead atoms. The van der Waals surface area contributed by atoms with E-state index in [0.717, 1.165) is 0 Å². The van der Waals surface area contributed by atoms with E-state index in [1.54, 1.807) is 11.8 Å². The predicted octanol–water partition coefficient (Wildman–Crippen LogP) is 3.09. The van der Waals surface area contributed by atoms with Crippen molar-refractivity contribution in [3.8, 4) is 0 Å². The maximum absolute atomic E-state index is 3.64. The molecule has 1 saturated carbocycles. The lowest BCUT2D eigenvalue weighted by molar-refractivity contribution is 0.599. The van der Waals surface area contributed by atoms with Gasteiger partial charge in [0, 0.05) is 6.20 Å². The van der Waals surface area contributed by atoms with E-state index >= 15 is 0 Å². The Bertz CT molecular complexity index is 169. The van der Waals surface area contributed by atoms with Crippen LogP contribution < -0.4 is 0 Å². The fourth-order valence-electron chi connectivity index (χ4n) is 1.41. The lowest BCUT2D eigenvalue weighted by Crippen LogP contribution is -1.92. The first-order valence-corrected chi connectivity index (χ1v) is 4.24. The van der Waals surface area contributed by atoms with Crippen molar-refractivity contribution in [3.05, 3.63) is 23.9 Å². The van der Waals surface area contributed by atoms with Crippen LogP contribution in [0.5, 0.6) is 0 Å². The fourth-order valence-corrected chi connectivity index (χ4v) is 1.41. The Kier molecular flexibility index (Phi) is 3.67. The summed E-state index contributed by atoms with van der Waals surface area (Å²) >= 11 is 0. The van der Waals surface area contributed by atoms with Gasteiger partial charge in [-0.05, 0) is 38.5 Å². The monoisotopic (exact) mass is 149 g/mol. The molecule has 0 aliphatic heterocycles. The van der Waals surface area contributed by atoms with Gasteiger partial charge in [0.15, 0.2) is 0 Å². The number of allylic oxidation sites excluding steroid dienone is 3. The molecule has 0 saturated heterocycles. The predicted molar refractivity (Wildman–Crippen MR) is 49.9 cm³/mol. The Morgan fingerprint density at radius 2 is 1.91 bits per heavy atom. The molecule has 1 heteroatoms. The quantitative estimate of drug-likeness (QED) is 0.535. The Balaban J connectivity index is 2.37. The average Bonchev–Trinajstić information content (AvgIpc) is 2.07. The van der Waals surface area contributed by atoms with Crippen molar-refractivity contribution < 1.29 is 0 Å². The number of nitrogens with zero attached hydrogens (tertiary/aromatic N) is 1. The Morgan fingerprint density at radius 1 is 1.18 bits per heavy atom. The second kappa shape index (κ2) is 4.89. The van der Waals surface area contributed by atoms with Crippen molar-refractivity contribution in [1.82, 2.24) is 0 Å². The minimum Gasteiger partial charge on any atom is -0.273 e. The number of aliphatic imine (C=N–C) groups is 1. The molecule has 0 N–H and O–H groups in total. The van der Waals surface area contributed by atoms with Crippen molar-refractivity contribution in [2.45, 2.75) is 32.1 Å². The zero-order valence-electron chi connectivity index (χ0n) is 6.92. The molecule has 1 nitrogen and oxygen atoms in total. The number of rotatable bonds is 2. The van der Waals surface area contributed by atoms with Crippen LogP contribution in [0.3, 0.4) is 0 Å². The second-order valence-electron chi connectivity index (χ2n) is 2.91. The molecule has 0 unspecified atom stereocenters. The van der Waals surface area contributed by atoms with Crippen LogP contribution in [-0.2, 0) is 0 Å². The summed E-state index contributed by atoms with van der Waals surface area (Å²) in [5.74, 6) is 0. The van der Waals surface area contributed by atoms with Gasteiger partial charge in [-0.15, -0.1) is 0 Å². The Morgan fingerprint density at radius 3 is 2.55 bits per heavy atom. The molecular weight excluding hydrogens is 134 g/mol. The van der Waals surface area contributed by atoms with Crippen LogP contribution in [0.1, 0.15) is 32.1 Å². The summed E-state index contributed by atoms with van der Waals surface area (Å²) in [6.07, 6.45) is 12.6. The third-order valence-corrected chi connectivity index (χ3v) is 2.02. The van der Waals surface area contributed by atoms with Gasteiger partial charge < -0.3 is 0 Å². The molecule has 0 heterocycles. The van der Waals surface area contributed by atoms with Crippen LogP contribution >= 0.6 is 0 Å². The smallest absolute Gasteiger partial charge is 0.0260 e. The lowest BCUT2D eigenvalue weighted by Gasteiger charge is -2.11.